The topological polar surface area (TPSA) is 114 Å². The Morgan fingerprint density at radius 2 is 1.80 bits per heavy atom. The monoisotopic (exact) mass is 594 g/mol. The number of nitrogens with zero attached hydrogens (tertiary/aromatic N) is 4. The molecule has 0 spiro atoms. The van der Waals surface area contributed by atoms with Crippen molar-refractivity contribution in [1.82, 2.24) is 19.4 Å². The van der Waals surface area contributed by atoms with E-state index in [9.17, 15) is 19.5 Å². The molecule has 0 amide bonds. The smallest absolute Gasteiger partial charge is 0.343 e. The lowest BCUT2D eigenvalue weighted by Gasteiger charge is -2.44. The highest BCUT2D eigenvalue weighted by molar-refractivity contribution is 5.86. The van der Waals surface area contributed by atoms with Crippen LogP contribution in [0.15, 0.2) is 71.5 Å². The third kappa shape index (κ3) is 4.89. The second-order valence-corrected chi connectivity index (χ2v) is 11.7. The second kappa shape index (κ2) is 11.3. The van der Waals surface area contributed by atoms with E-state index in [1.807, 2.05) is 53.4 Å². The number of hydrogen-bond donors (Lipinski definition) is 1. The van der Waals surface area contributed by atoms with Gasteiger partial charge in [0.05, 0.1) is 35.4 Å². The molecule has 0 aliphatic carbocycles. The lowest BCUT2D eigenvalue weighted by molar-refractivity contribution is -0.211. The summed E-state index contributed by atoms with van der Waals surface area (Å²) in [6.07, 6.45) is -1.04. The quantitative estimate of drug-likeness (QED) is 0.269. The maximum atomic E-state index is 13.9. The number of pyridine rings is 2. The molecule has 7 rings (SSSR count). The Kier molecular flexibility index (Phi) is 7.28. The van der Waals surface area contributed by atoms with E-state index in [2.05, 4.69) is 23.1 Å². The predicted octanol–water partition coefficient (Wildman–Crippen LogP) is 3.72. The van der Waals surface area contributed by atoms with Gasteiger partial charge in [0.25, 0.3) is 5.56 Å². The predicted molar refractivity (Wildman–Crippen MR) is 163 cm³/mol. The summed E-state index contributed by atoms with van der Waals surface area (Å²) >= 11 is 0. The van der Waals surface area contributed by atoms with Crippen molar-refractivity contribution in [3.05, 3.63) is 99.3 Å². The Labute approximate surface area is 254 Å². The SMILES string of the molecule is CC[C@@]1(OC(CC(=O)O)N2CCN(Cc3ccccc3)CC2)C(=O)OCc2c1cc1n(c2=O)Cc2cc3ccccc3nc2-1. The number of carbonyl (C=O) groups is 2. The van der Waals surface area contributed by atoms with Crippen LogP contribution in [0.2, 0.25) is 0 Å². The zero-order chi connectivity index (χ0) is 30.4. The lowest BCUT2D eigenvalue weighted by Crippen LogP contribution is -2.56. The lowest BCUT2D eigenvalue weighted by atomic mass is 9.85. The highest BCUT2D eigenvalue weighted by Crippen LogP contribution is 2.42. The molecule has 1 fully saturated rings. The summed E-state index contributed by atoms with van der Waals surface area (Å²) in [5.41, 5.74) is 3.18. The summed E-state index contributed by atoms with van der Waals surface area (Å²) < 4.78 is 13.9. The van der Waals surface area contributed by atoms with Crippen molar-refractivity contribution in [3.63, 3.8) is 0 Å². The van der Waals surface area contributed by atoms with Gasteiger partial charge in [0.1, 0.15) is 12.8 Å². The van der Waals surface area contributed by atoms with Gasteiger partial charge in [0.2, 0.25) is 0 Å². The Morgan fingerprint density at radius 1 is 1.05 bits per heavy atom. The molecule has 4 aromatic rings. The molecule has 1 saturated heterocycles. The van der Waals surface area contributed by atoms with Crippen LogP contribution in [0.25, 0.3) is 22.3 Å². The number of carboxylic acids is 1. The number of aliphatic carboxylic acids is 1. The molecule has 0 saturated carbocycles. The Bertz CT molecular complexity index is 1810. The molecule has 10 heteroatoms. The number of aromatic nitrogens is 2. The van der Waals surface area contributed by atoms with Crippen molar-refractivity contribution >= 4 is 22.8 Å². The first-order valence-corrected chi connectivity index (χ1v) is 15.1. The van der Waals surface area contributed by atoms with Crippen molar-refractivity contribution in [1.29, 1.82) is 0 Å². The summed E-state index contributed by atoms with van der Waals surface area (Å²) in [5.74, 6) is -1.64. The summed E-state index contributed by atoms with van der Waals surface area (Å²) in [5, 5.41) is 10.9. The van der Waals surface area contributed by atoms with E-state index >= 15 is 0 Å². The third-order valence-electron chi connectivity index (χ3n) is 9.13. The minimum absolute atomic E-state index is 0.161. The molecule has 5 heterocycles. The highest BCUT2D eigenvalue weighted by atomic mass is 16.6. The molecule has 3 aliphatic rings. The maximum absolute atomic E-state index is 13.9. The van der Waals surface area contributed by atoms with Gasteiger partial charge in [-0.1, -0.05) is 55.5 Å². The first kappa shape index (κ1) is 28.4. The summed E-state index contributed by atoms with van der Waals surface area (Å²) in [4.78, 5) is 48.8. The van der Waals surface area contributed by atoms with Crippen molar-refractivity contribution in [2.45, 2.75) is 51.3 Å². The average molecular weight is 595 g/mol. The van der Waals surface area contributed by atoms with Gasteiger partial charge in [-0.05, 0) is 30.2 Å². The van der Waals surface area contributed by atoms with Gasteiger partial charge >= 0.3 is 11.9 Å². The molecule has 2 aromatic heterocycles. The van der Waals surface area contributed by atoms with Crippen LogP contribution in [0.3, 0.4) is 0 Å². The normalized spacial score (nSPS) is 20.5. The standard InChI is InChI=1S/C34H34N4O6/c1-2-34(44-29(18-30(39)40)37-14-12-36(13-15-37)19-22-8-4-3-5-9-22)26-17-28-31-24(16-23-10-6-7-11-27(23)35-31)20-38(28)32(41)25(26)21-43-33(34)42/h3-11,16-17,29H,2,12-15,18-21H2,1H3,(H,39,40)/t29?,34-/m0/s1. The van der Waals surface area contributed by atoms with Crippen LogP contribution in [-0.2, 0) is 44.4 Å². The number of piperazine rings is 1. The number of cyclic esters (lactones) is 1. The molecule has 1 N–H and O–H groups in total. The number of rotatable bonds is 8. The number of benzene rings is 2. The number of hydrogen-bond acceptors (Lipinski definition) is 8. The fraction of sp³-hybridized carbons (Fsp3) is 0.353. The van der Waals surface area contributed by atoms with Gasteiger partial charge < -0.3 is 19.1 Å². The summed E-state index contributed by atoms with van der Waals surface area (Å²) in [6, 6.07) is 21.9. The van der Waals surface area contributed by atoms with Crippen molar-refractivity contribution < 1.29 is 24.2 Å². The van der Waals surface area contributed by atoms with E-state index in [1.165, 1.54) is 5.56 Å². The molecule has 3 aliphatic heterocycles. The Balaban J connectivity index is 1.23. The molecule has 0 radical (unpaired) electrons. The van der Waals surface area contributed by atoms with Crippen LogP contribution >= 0.6 is 0 Å². The van der Waals surface area contributed by atoms with Gasteiger partial charge in [0, 0.05) is 49.2 Å². The fourth-order valence-corrected chi connectivity index (χ4v) is 6.79. The zero-order valence-electron chi connectivity index (χ0n) is 24.6. The average Bonchev–Trinajstić information content (AvgIpc) is 3.39. The largest absolute Gasteiger partial charge is 0.481 e. The highest BCUT2D eigenvalue weighted by Gasteiger charge is 2.50. The molecular formula is C34H34N4O6. The van der Waals surface area contributed by atoms with Crippen LogP contribution in [-0.4, -0.2) is 68.8 Å². The summed E-state index contributed by atoms with van der Waals surface area (Å²) in [7, 11) is 0. The number of ether oxygens (including phenoxy) is 2. The van der Waals surface area contributed by atoms with Gasteiger partial charge in [-0.3, -0.25) is 19.4 Å². The molecular weight excluding hydrogens is 560 g/mol. The first-order chi connectivity index (χ1) is 21.4. The minimum atomic E-state index is -1.64. The number of esters is 1. The number of carboxylic acid groups (broad SMARTS) is 1. The van der Waals surface area contributed by atoms with E-state index in [4.69, 9.17) is 14.5 Å². The fourth-order valence-electron chi connectivity index (χ4n) is 6.79. The minimum Gasteiger partial charge on any atom is -0.481 e. The van der Waals surface area contributed by atoms with Crippen molar-refractivity contribution in [2.24, 2.45) is 0 Å². The molecule has 1 unspecified atom stereocenters. The first-order valence-electron chi connectivity index (χ1n) is 15.1. The Morgan fingerprint density at radius 3 is 2.55 bits per heavy atom. The summed E-state index contributed by atoms with van der Waals surface area (Å²) in [6.45, 7) is 5.41. The molecule has 10 nitrogen and oxygen atoms in total. The Hall–Kier alpha value is -4.38. The van der Waals surface area contributed by atoms with Gasteiger partial charge in [-0.15, -0.1) is 0 Å². The second-order valence-electron chi connectivity index (χ2n) is 11.7. The van der Waals surface area contributed by atoms with Crippen LogP contribution in [0, 0.1) is 0 Å². The van der Waals surface area contributed by atoms with E-state index in [1.54, 1.807) is 11.5 Å². The van der Waals surface area contributed by atoms with Crippen LogP contribution in [0.1, 0.15) is 42.0 Å². The van der Waals surface area contributed by atoms with E-state index in [0.717, 1.165) is 36.1 Å². The van der Waals surface area contributed by atoms with Gasteiger partial charge in [0.15, 0.2) is 5.60 Å². The van der Waals surface area contributed by atoms with Crippen molar-refractivity contribution in [2.75, 3.05) is 26.2 Å². The van der Waals surface area contributed by atoms with E-state index in [0.29, 0.717) is 42.1 Å². The molecule has 226 valence electrons. The third-order valence-corrected chi connectivity index (χ3v) is 9.13. The molecule has 0 bridgehead atoms. The van der Waals surface area contributed by atoms with Crippen LogP contribution in [0.5, 0.6) is 0 Å². The van der Waals surface area contributed by atoms with Crippen LogP contribution < -0.4 is 5.56 Å². The van der Waals surface area contributed by atoms with Gasteiger partial charge in [-0.25, -0.2) is 9.78 Å². The van der Waals surface area contributed by atoms with Gasteiger partial charge in [-0.2, -0.15) is 0 Å². The maximum Gasteiger partial charge on any atom is 0.343 e. The number of carbonyl (C=O) groups excluding carboxylic acids is 1. The van der Waals surface area contributed by atoms with E-state index < -0.39 is 23.8 Å². The zero-order valence-corrected chi connectivity index (χ0v) is 24.6. The van der Waals surface area contributed by atoms with E-state index in [-0.39, 0.29) is 25.0 Å². The van der Waals surface area contributed by atoms with Crippen molar-refractivity contribution in [3.8, 4) is 11.4 Å². The molecule has 2 aromatic carbocycles. The number of para-hydroxylation sites is 1. The van der Waals surface area contributed by atoms with Crippen LogP contribution in [0.4, 0.5) is 0 Å². The molecule has 2 atom stereocenters. The molecule has 44 heavy (non-hydrogen) atoms. The number of fused-ring (bicyclic) bond motifs is 5.